The summed E-state index contributed by atoms with van der Waals surface area (Å²) in [5.41, 5.74) is -0.202. The van der Waals surface area contributed by atoms with Crippen molar-refractivity contribution in [3.63, 3.8) is 0 Å². The quantitative estimate of drug-likeness (QED) is 0.832. The van der Waals surface area contributed by atoms with Gasteiger partial charge in [-0.3, -0.25) is 19.9 Å². The maximum atomic E-state index is 12.2. The fraction of sp³-hybridized carbons (Fsp3) is 0.154. The van der Waals surface area contributed by atoms with Gasteiger partial charge in [-0.15, -0.1) is 0 Å². The molecule has 1 amide bonds. The van der Waals surface area contributed by atoms with E-state index in [9.17, 15) is 14.7 Å². The first-order chi connectivity index (χ1) is 9.56. The maximum Gasteiger partial charge on any atom is 0.295 e. The van der Waals surface area contributed by atoms with Crippen molar-refractivity contribution in [3.05, 3.63) is 40.2 Å². The van der Waals surface area contributed by atoms with Gasteiger partial charge in [-0.25, -0.2) is 0 Å². The SMILES string of the molecule is N=C1SCCN1C(=O)c1cc(=O)c2ccc(O)cc2o1. The van der Waals surface area contributed by atoms with E-state index in [4.69, 9.17) is 9.83 Å². The number of hydrogen-bond donors (Lipinski definition) is 2. The Morgan fingerprint density at radius 1 is 1.40 bits per heavy atom. The molecule has 1 aromatic heterocycles. The predicted molar refractivity (Wildman–Crippen MR) is 75.4 cm³/mol. The smallest absolute Gasteiger partial charge is 0.295 e. The third-order valence-corrected chi connectivity index (χ3v) is 3.85. The van der Waals surface area contributed by atoms with Crippen LogP contribution >= 0.6 is 11.8 Å². The molecule has 1 aliphatic rings. The second kappa shape index (κ2) is 4.68. The number of carbonyl (C=O) groups is 1. The fourth-order valence-electron chi connectivity index (χ4n) is 1.99. The molecule has 1 aromatic carbocycles. The number of amidine groups is 1. The van der Waals surface area contributed by atoms with Crippen molar-refractivity contribution in [2.45, 2.75) is 0 Å². The van der Waals surface area contributed by atoms with Gasteiger partial charge in [-0.2, -0.15) is 0 Å². The Kier molecular flexibility index (Phi) is 2.98. The van der Waals surface area contributed by atoms with Crippen molar-refractivity contribution >= 4 is 33.8 Å². The molecular weight excluding hydrogens is 280 g/mol. The zero-order chi connectivity index (χ0) is 14.3. The lowest BCUT2D eigenvalue weighted by atomic mass is 10.2. The number of hydrogen-bond acceptors (Lipinski definition) is 6. The van der Waals surface area contributed by atoms with Crippen molar-refractivity contribution in [2.24, 2.45) is 0 Å². The Bertz CT molecular complexity index is 784. The fourth-order valence-corrected chi connectivity index (χ4v) is 2.79. The molecule has 0 saturated carbocycles. The third kappa shape index (κ3) is 2.05. The summed E-state index contributed by atoms with van der Waals surface area (Å²) in [6, 6.07) is 5.24. The zero-order valence-electron chi connectivity index (χ0n) is 10.3. The Morgan fingerprint density at radius 2 is 2.20 bits per heavy atom. The normalized spacial score (nSPS) is 15.0. The van der Waals surface area contributed by atoms with Gasteiger partial charge in [0.05, 0.1) is 5.39 Å². The number of fused-ring (bicyclic) bond motifs is 1. The Labute approximate surface area is 117 Å². The van der Waals surface area contributed by atoms with E-state index in [1.807, 2.05) is 0 Å². The molecule has 7 heteroatoms. The summed E-state index contributed by atoms with van der Waals surface area (Å²) in [6.45, 7) is 0.421. The molecule has 1 fully saturated rings. The number of thioether (sulfide) groups is 1. The largest absolute Gasteiger partial charge is 0.508 e. The summed E-state index contributed by atoms with van der Waals surface area (Å²) < 4.78 is 5.39. The number of phenols is 1. The van der Waals surface area contributed by atoms with Crippen LogP contribution in [0.15, 0.2) is 33.5 Å². The minimum absolute atomic E-state index is 0.0466. The average Bonchev–Trinajstić information content (AvgIpc) is 2.83. The van der Waals surface area contributed by atoms with Crippen LogP contribution in [0.25, 0.3) is 11.0 Å². The molecule has 0 aliphatic carbocycles. The number of amides is 1. The van der Waals surface area contributed by atoms with Crippen molar-refractivity contribution < 1.29 is 14.3 Å². The maximum absolute atomic E-state index is 12.2. The van der Waals surface area contributed by atoms with Gasteiger partial charge in [0.25, 0.3) is 5.91 Å². The lowest BCUT2D eigenvalue weighted by Crippen LogP contribution is -2.31. The van der Waals surface area contributed by atoms with E-state index in [0.717, 1.165) is 6.07 Å². The van der Waals surface area contributed by atoms with Crippen LogP contribution in [0, 0.1) is 5.41 Å². The van der Waals surface area contributed by atoms with Gasteiger partial charge < -0.3 is 9.52 Å². The topological polar surface area (TPSA) is 94.6 Å². The molecule has 2 aromatic rings. The summed E-state index contributed by atoms with van der Waals surface area (Å²) in [6.07, 6.45) is 0. The highest BCUT2D eigenvalue weighted by Gasteiger charge is 2.27. The minimum atomic E-state index is -0.512. The third-order valence-electron chi connectivity index (χ3n) is 2.97. The molecule has 3 rings (SSSR count). The number of aromatic hydroxyl groups is 1. The number of nitrogens with one attached hydrogen (secondary N) is 1. The first-order valence-corrected chi connectivity index (χ1v) is 6.85. The second-order valence-electron chi connectivity index (χ2n) is 4.27. The minimum Gasteiger partial charge on any atom is -0.508 e. The Balaban J connectivity index is 2.10. The predicted octanol–water partition coefficient (Wildman–Crippen LogP) is 1.62. The van der Waals surface area contributed by atoms with Crippen LogP contribution < -0.4 is 5.43 Å². The number of carbonyl (C=O) groups excluding carboxylic acids is 1. The second-order valence-corrected chi connectivity index (χ2v) is 5.35. The lowest BCUT2D eigenvalue weighted by Gasteiger charge is -2.13. The average molecular weight is 290 g/mol. The summed E-state index contributed by atoms with van der Waals surface area (Å²) >= 11 is 1.27. The van der Waals surface area contributed by atoms with Crippen LogP contribution in [-0.4, -0.2) is 33.4 Å². The van der Waals surface area contributed by atoms with E-state index in [-0.39, 0.29) is 27.7 Å². The van der Waals surface area contributed by atoms with Crippen molar-refractivity contribution in [3.8, 4) is 5.75 Å². The van der Waals surface area contributed by atoms with Crippen molar-refractivity contribution in [2.75, 3.05) is 12.3 Å². The zero-order valence-corrected chi connectivity index (χ0v) is 11.1. The molecule has 0 spiro atoms. The van der Waals surface area contributed by atoms with Crippen LogP contribution in [0.1, 0.15) is 10.6 Å². The molecule has 0 bridgehead atoms. The number of benzene rings is 1. The van der Waals surface area contributed by atoms with Gasteiger partial charge in [0.2, 0.25) is 0 Å². The molecule has 0 atom stereocenters. The first-order valence-electron chi connectivity index (χ1n) is 5.86. The van der Waals surface area contributed by atoms with Crippen LogP contribution in [0.2, 0.25) is 0 Å². The first kappa shape index (κ1) is 12.7. The van der Waals surface area contributed by atoms with Crippen LogP contribution in [0.4, 0.5) is 0 Å². The molecule has 20 heavy (non-hydrogen) atoms. The number of nitrogens with zero attached hydrogens (tertiary/aromatic N) is 1. The highest BCUT2D eigenvalue weighted by molar-refractivity contribution is 8.14. The van der Waals surface area contributed by atoms with Gasteiger partial charge in [-0.1, -0.05) is 11.8 Å². The molecule has 2 heterocycles. The lowest BCUT2D eigenvalue weighted by molar-refractivity contribution is 0.0829. The van der Waals surface area contributed by atoms with Crippen LogP contribution in [0.3, 0.4) is 0 Å². The molecule has 1 aliphatic heterocycles. The molecule has 6 nitrogen and oxygen atoms in total. The number of rotatable bonds is 1. The summed E-state index contributed by atoms with van der Waals surface area (Å²) in [7, 11) is 0. The molecule has 0 radical (unpaired) electrons. The summed E-state index contributed by atoms with van der Waals surface area (Å²) in [5.74, 6) is -0.0270. The monoisotopic (exact) mass is 290 g/mol. The van der Waals surface area contributed by atoms with Crippen LogP contribution in [0.5, 0.6) is 5.75 Å². The van der Waals surface area contributed by atoms with Crippen molar-refractivity contribution in [1.29, 1.82) is 5.41 Å². The highest BCUT2D eigenvalue weighted by atomic mass is 32.2. The van der Waals surface area contributed by atoms with E-state index in [1.54, 1.807) is 0 Å². The summed E-state index contributed by atoms with van der Waals surface area (Å²) in [5, 5.41) is 17.5. The Morgan fingerprint density at radius 3 is 2.90 bits per heavy atom. The van der Waals surface area contributed by atoms with E-state index < -0.39 is 5.91 Å². The van der Waals surface area contributed by atoms with Gasteiger partial charge in [0, 0.05) is 24.4 Å². The summed E-state index contributed by atoms with van der Waals surface area (Å²) in [4.78, 5) is 25.4. The van der Waals surface area contributed by atoms with Gasteiger partial charge in [0.1, 0.15) is 11.3 Å². The van der Waals surface area contributed by atoms with E-state index in [1.165, 1.54) is 34.9 Å². The van der Waals surface area contributed by atoms with E-state index in [2.05, 4.69) is 0 Å². The molecule has 2 N–H and O–H groups in total. The number of phenolic OH excluding ortho intramolecular Hbond substituents is 1. The Hall–Kier alpha value is -2.28. The molecular formula is C13H10N2O4S. The van der Waals surface area contributed by atoms with Crippen LogP contribution in [-0.2, 0) is 0 Å². The standard InChI is InChI=1S/C13H10N2O4S/c14-13-15(3-4-20-13)12(18)11-6-9(17)8-2-1-7(16)5-10(8)19-11/h1-2,5-6,14,16H,3-4H2. The molecule has 102 valence electrons. The van der Waals surface area contributed by atoms with Gasteiger partial charge in [-0.05, 0) is 12.1 Å². The van der Waals surface area contributed by atoms with Gasteiger partial charge in [0.15, 0.2) is 16.4 Å². The highest BCUT2D eigenvalue weighted by Crippen LogP contribution is 2.22. The van der Waals surface area contributed by atoms with Crippen molar-refractivity contribution in [1.82, 2.24) is 4.90 Å². The van der Waals surface area contributed by atoms with Gasteiger partial charge >= 0.3 is 0 Å². The molecule has 1 saturated heterocycles. The molecule has 0 unspecified atom stereocenters. The van der Waals surface area contributed by atoms with E-state index >= 15 is 0 Å². The van der Waals surface area contributed by atoms with E-state index in [0.29, 0.717) is 17.7 Å².